The molecule has 0 aliphatic carbocycles. The lowest BCUT2D eigenvalue weighted by molar-refractivity contribution is -0.286. The SMILES string of the molecule is CCN(C(=O)Cn1ncc2c(c1=O)c1ccccc1n2Cc1ccc(C#N)cc1)c1ccc2c(c1)OC(F)(F)O2. The number of ether oxygens (including phenoxy) is 2. The van der Waals surface area contributed by atoms with Crippen LogP contribution in [0.5, 0.6) is 11.5 Å². The van der Waals surface area contributed by atoms with Crippen molar-refractivity contribution in [3.63, 3.8) is 0 Å². The zero-order valence-electron chi connectivity index (χ0n) is 21.2. The van der Waals surface area contributed by atoms with Crippen molar-refractivity contribution in [1.82, 2.24) is 14.3 Å². The summed E-state index contributed by atoms with van der Waals surface area (Å²) in [6.45, 7) is 2.04. The van der Waals surface area contributed by atoms with Gasteiger partial charge in [-0.05, 0) is 42.8 Å². The Kier molecular flexibility index (Phi) is 5.95. The van der Waals surface area contributed by atoms with Crippen LogP contribution in [0, 0.1) is 11.3 Å². The van der Waals surface area contributed by atoms with Crippen LogP contribution in [0.15, 0.2) is 77.7 Å². The molecule has 0 atom stereocenters. The van der Waals surface area contributed by atoms with Gasteiger partial charge in [-0.15, -0.1) is 8.78 Å². The molecule has 0 unspecified atom stereocenters. The number of alkyl halides is 2. The summed E-state index contributed by atoms with van der Waals surface area (Å²) in [5.74, 6) is -0.762. The number of rotatable bonds is 6. The second-order valence-electron chi connectivity index (χ2n) is 9.22. The first-order valence-electron chi connectivity index (χ1n) is 12.4. The van der Waals surface area contributed by atoms with Gasteiger partial charge in [0.1, 0.15) is 6.54 Å². The molecular formula is C29H21F2N5O4. The van der Waals surface area contributed by atoms with E-state index < -0.39 is 17.8 Å². The van der Waals surface area contributed by atoms with E-state index in [1.54, 1.807) is 25.3 Å². The fraction of sp³-hybridized carbons (Fsp3) is 0.172. The van der Waals surface area contributed by atoms with E-state index in [4.69, 9.17) is 5.26 Å². The van der Waals surface area contributed by atoms with Gasteiger partial charge in [-0.2, -0.15) is 10.4 Å². The predicted octanol–water partition coefficient (Wildman–Crippen LogP) is 4.65. The summed E-state index contributed by atoms with van der Waals surface area (Å²) < 4.78 is 38.9. The standard InChI is InChI=1S/C29H21F2N5O4/c1-2-34(20-11-12-24-25(13-20)40-29(30,31)39-24)26(37)17-36-28(38)27-21-5-3-4-6-22(21)35(23(27)15-33-36)16-19-9-7-18(14-32)8-10-19/h3-13,15H,2,16-17H2,1H3. The molecule has 0 radical (unpaired) electrons. The van der Waals surface area contributed by atoms with E-state index in [0.29, 0.717) is 28.7 Å². The average molecular weight is 542 g/mol. The van der Waals surface area contributed by atoms with E-state index in [0.717, 1.165) is 21.1 Å². The number of fused-ring (bicyclic) bond motifs is 4. The molecule has 1 aliphatic heterocycles. The fourth-order valence-corrected chi connectivity index (χ4v) is 4.96. The first-order chi connectivity index (χ1) is 19.3. The van der Waals surface area contributed by atoms with Gasteiger partial charge in [0.15, 0.2) is 11.5 Å². The van der Waals surface area contributed by atoms with Crippen LogP contribution in [0.3, 0.4) is 0 Å². The van der Waals surface area contributed by atoms with Crippen molar-refractivity contribution < 1.29 is 23.0 Å². The number of aromatic nitrogens is 3. The van der Waals surface area contributed by atoms with E-state index in [1.165, 1.54) is 23.1 Å². The number of hydrogen-bond acceptors (Lipinski definition) is 6. The summed E-state index contributed by atoms with van der Waals surface area (Å²) in [6.07, 6.45) is -2.21. The Hall–Kier alpha value is -5.24. The number of nitriles is 1. The number of likely N-dealkylation sites (N-methyl/N-ethyl adjacent to an activating group) is 1. The maximum atomic E-state index is 13.7. The van der Waals surface area contributed by atoms with E-state index in [1.807, 2.05) is 41.0 Å². The highest BCUT2D eigenvalue weighted by Gasteiger charge is 2.43. The van der Waals surface area contributed by atoms with Crippen molar-refractivity contribution in [2.24, 2.45) is 0 Å². The van der Waals surface area contributed by atoms with Gasteiger partial charge in [0, 0.05) is 35.7 Å². The van der Waals surface area contributed by atoms with Gasteiger partial charge < -0.3 is 18.9 Å². The van der Waals surface area contributed by atoms with Gasteiger partial charge in [0.05, 0.1) is 28.7 Å². The molecule has 3 aromatic carbocycles. The number of carbonyl (C=O) groups is 1. The molecule has 5 aromatic rings. The van der Waals surface area contributed by atoms with Crippen molar-refractivity contribution in [2.75, 3.05) is 11.4 Å². The molecule has 0 fully saturated rings. The molecule has 40 heavy (non-hydrogen) atoms. The Morgan fingerprint density at radius 2 is 1.80 bits per heavy atom. The number of amides is 1. The largest absolute Gasteiger partial charge is 0.586 e. The van der Waals surface area contributed by atoms with E-state index in [-0.39, 0.29) is 24.6 Å². The van der Waals surface area contributed by atoms with Gasteiger partial charge >= 0.3 is 6.29 Å². The summed E-state index contributed by atoms with van der Waals surface area (Å²) in [7, 11) is 0. The third kappa shape index (κ3) is 4.29. The number of nitrogens with zero attached hydrogens (tertiary/aromatic N) is 5. The number of hydrogen-bond donors (Lipinski definition) is 0. The zero-order valence-corrected chi connectivity index (χ0v) is 21.2. The number of carbonyl (C=O) groups excluding carboxylic acids is 1. The zero-order chi connectivity index (χ0) is 28.0. The highest BCUT2D eigenvalue weighted by atomic mass is 19.3. The van der Waals surface area contributed by atoms with Crippen LogP contribution < -0.4 is 19.9 Å². The quantitative estimate of drug-likeness (QED) is 0.310. The van der Waals surface area contributed by atoms with E-state index >= 15 is 0 Å². The molecule has 11 heteroatoms. The third-order valence-electron chi connectivity index (χ3n) is 6.80. The summed E-state index contributed by atoms with van der Waals surface area (Å²) in [5, 5.41) is 14.6. The van der Waals surface area contributed by atoms with Crippen LogP contribution >= 0.6 is 0 Å². The van der Waals surface area contributed by atoms with Crippen LogP contribution in [-0.4, -0.2) is 33.1 Å². The third-order valence-corrected chi connectivity index (χ3v) is 6.80. The first-order valence-corrected chi connectivity index (χ1v) is 12.4. The minimum atomic E-state index is -3.77. The Morgan fingerprint density at radius 1 is 1.05 bits per heavy atom. The summed E-state index contributed by atoms with van der Waals surface area (Å²) in [4.78, 5) is 28.3. The highest BCUT2D eigenvalue weighted by Crippen LogP contribution is 2.42. The molecular weight excluding hydrogens is 520 g/mol. The summed E-state index contributed by atoms with van der Waals surface area (Å²) in [6, 6.07) is 20.9. The lowest BCUT2D eigenvalue weighted by atomic mass is 10.1. The molecule has 2 aromatic heterocycles. The van der Waals surface area contributed by atoms with Gasteiger partial charge in [-0.1, -0.05) is 30.3 Å². The minimum Gasteiger partial charge on any atom is -0.395 e. The lowest BCUT2D eigenvalue weighted by Gasteiger charge is -2.21. The van der Waals surface area contributed by atoms with Gasteiger partial charge in [-0.25, -0.2) is 4.68 Å². The average Bonchev–Trinajstić information content (AvgIpc) is 3.43. The van der Waals surface area contributed by atoms with E-state index in [9.17, 15) is 18.4 Å². The minimum absolute atomic E-state index is 0.127. The predicted molar refractivity (Wildman–Crippen MR) is 142 cm³/mol. The van der Waals surface area contributed by atoms with Crippen LogP contribution in [0.2, 0.25) is 0 Å². The number of anilines is 1. The smallest absolute Gasteiger partial charge is 0.395 e. The van der Waals surface area contributed by atoms with Crippen molar-refractivity contribution in [2.45, 2.75) is 26.3 Å². The van der Waals surface area contributed by atoms with Gasteiger partial charge in [0.2, 0.25) is 5.91 Å². The Labute approximate surface area is 226 Å². The molecule has 6 rings (SSSR count). The van der Waals surface area contributed by atoms with Gasteiger partial charge in [-0.3, -0.25) is 9.59 Å². The Morgan fingerprint density at radius 3 is 2.55 bits per heavy atom. The molecule has 0 saturated heterocycles. The Bertz CT molecular complexity index is 1890. The summed E-state index contributed by atoms with van der Waals surface area (Å²) in [5.41, 5.74) is 2.84. The Balaban J connectivity index is 1.34. The van der Waals surface area contributed by atoms with Crippen molar-refractivity contribution in [3.05, 3.63) is 94.4 Å². The lowest BCUT2D eigenvalue weighted by Crippen LogP contribution is -2.37. The fourth-order valence-electron chi connectivity index (χ4n) is 4.96. The maximum Gasteiger partial charge on any atom is 0.586 e. The molecule has 0 N–H and O–H groups in total. The molecule has 1 aliphatic rings. The highest BCUT2D eigenvalue weighted by molar-refractivity contribution is 6.07. The maximum absolute atomic E-state index is 13.7. The molecule has 0 spiro atoms. The van der Waals surface area contributed by atoms with Crippen molar-refractivity contribution in [3.8, 4) is 17.6 Å². The summed E-state index contributed by atoms with van der Waals surface area (Å²) >= 11 is 0. The molecule has 0 saturated carbocycles. The molecule has 0 bridgehead atoms. The molecule has 3 heterocycles. The van der Waals surface area contributed by atoms with Crippen LogP contribution in [0.1, 0.15) is 18.1 Å². The second-order valence-corrected chi connectivity index (χ2v) is 9.22. The number of para-hydroxylation sites is 1. The first kappa shape index (κ1) is 25.1. The van der Waals surface area contributed by atoms with Crippen LogP contribution in [-0.2, 0) is 17.9 Å². The second kappa shape index (κ2) is 9.50. The number of benzene rings is 3. The van der Waals surface area contributed by atoms with Crippen LogP contribution in [0.25, 0.3) is 21.8 Å². The molecule has 200 valence electrons. The van der Waals surface area contributed by atoms with Crippen molar-refractivity contribution in [1.29, 1.82) is 5.26 Å². The molecule has 1 amide bonds. The van der Waals surface area contributed by atoms with Crippen LogP contribution in [0.4, 0.5) is 14.5 Å². The molecule has 9 nitrogen and oxygen atoms in total. The van der Waals surface area contributed by atoms with Gasteiger partial charge in [0.25, 0.3) is 5.56 Å². The topological polar surface area (TPSA) is 102 Å². The number of halogens is 2. The van der Waals surface area contributed by atoms with E-state index in [2.05, 4.69) is 20.6 Å². The van der Waals surface area contributed by atoms with Crippen molar-refractivity contribution >= 4 is 33.4 Å². The monoisotopic (exact) mass is 541 g/mol. The normalized spacial score (nSPS) is 13.4.